The molecule has 0 saturated heterocycles. The molecule has 0 aliphatic rings. The molecule has 3 rings (SSSR count). The summed E-state index contributed by atoms with van der Waals surface area (Å²) in [5.41, 5.74) is 9.33. The molecular weight excluding hydrogens is 432 g/mol. The van der Waals surface area contributed by atoms with Crippen molar-refractivity contribution in [2.24, 2.45) is 0 Å². The molecule has 0 spiro atoms. The van der Waals surface area contributed by atoms with Crippen molar-refractivity contribution < 1.29 is 9.53 Å². The number of nitrogens with zero attached hydrogens (tertiary/aromatic N) is 1. The second-order valence-electron chi connectivity index (χ2n) is 7.14. The van der Waals surface area contributed by atoms with Gasteiger partial charge in [-0.1, -0.05) is 17.7 Å². The molecule has 0 unspecified atom stereocenters. The fourth-order valence-corrected chi connectivity index (χ4v) is 3.77. The fraction of sp³-hybridized carbons (Fsp3) is 0.174. The average Bonchev–Trinajstić information content (AvgIpc) is 3.16. The van der Waals surface area contributed by atoms with Crippen LogP contribution in [0.4, 0.5) is 17.1 Å². The van der Waals surface area contributed by atoms with Gasteiger partial charge in [0.15, 0.2) is 5.88 Å². The number of anilines is 3. The number of nitrogen functional groups attached to an aromatic ring is 1. The Labute approximate surface area is 191 Å². The van der Waals surface area contributed by atoms with Crippen LogP contribution in [0.2, 0.25) is 4.34 Å². The number of carbonyl (C=O) groups is 1. The van der Waals surface area contributed by atoms with Crippen molar-refractivity contribution >= 4 is 45.9 Å². The van der Waals surface area contributed by atoms with E-state index in [2.05, 4.69) is 17.2 Å². The van der Waals surface area contributed by atoms with Crippen LogP contribution >= 0.6 is 22.9 Å². The minimum atomic E-state index is -0.249. The molecule has 6 nitrogen and oxygen atoms in total. The summed E-state index contributed by atoms with van der Waals surface area (Å²) in [6, 6.07) is 16.3. The molecule has 0 fully saturated rings. The zero-order chi connectivity index (χ0) is 22.4. The molecule has 8 heteroatoms. The van der Waals surface area contributed by atoms with E-state index < -0.39 is 0 Å². The summed E-state index contributed by atoms with van der Waals surface area (Å²) in [5, 5.41) is 5.95. The van der Waals surface area contributed by atoms with Crippen LogP contribution in [0.3, 0.4) is 0 Å². The zero-order valence-electron chi connectivity index (χ0n) is 17.4. The molecule has 0 bridgehead atoms. The highest BCUT2D eigenvalue weighted by molar-refractivity contribution is 7.19. The van der Waals surface area contributed by atoms with Crippen LogP contribution in [0, 0.1) is 0 Å². The second-order valence-corrected chi connectivity index (χ2v) is 8.85. The Morgan fingerprint density at radius 2 is 1.87 bits per heavy atom. The highest BCUT2D eigenvalue weighted by Gasteiger charge is 2.11. The number of hydrogen-bond acceptors (Lipinski definition) is 6. The van der Waals surface area contributed by atoms with E-state index in [0.29, 0.717) is 33.8 Å². The van der Waals surface area contributed by atoms with E-state index in [1.165, 1.54) is 11.3 Å². The summed E-state index contributed by atoms with van der Waals surface area (Å²) in [7, 11) is 3.95. The first-order chi connectivity index (χ1) is 14.8. The third kappa shape index (κ3) is 6.49. The van der Waals surface area contributed by atoms with Crippen LogP contribution in [-0.4, -0.2) is 38.1 Å². The lowest BCUT2D eigenvalue weighted by atomic mass is 10.1. The van der Waals surface area contributed by atoms with Gasteiger partial charge in [-0.25, -0.2) is 0 Å². The predicted octanol–water partition coefficient (Wildman–Crippen LogP) is 5.36. The summed E-state index contributed by atoms with van der Waals surface area (Å²) in [6.45, 7) is 5.19. The molecule has 0 aliphatic carbocycles. The van der Waals surface area contributed by atoms with Gasteiger partial charge in [-0.15, -0.1) is 11.3 Å². The molecule has 1 heterocycles. The Bertz CT molecular complexity index is 1060. The van der Waals surface area contributed by atoms with E-state index >= 15 is 0 Å². The summed E-state index contributed by atoms with van der Waals surface area (Å²) < 4.78 is 6.23. The third-order valence-electron chi connectivity index (χ3n) is 4.40. The maximum atomic E-state index is 12.7. The average molecular weight is 457 g/mol. The number of hydrogen-bond donors (Lipinski definition) is 3. The molecule has 31 heavy (non-hydrogen) atoms. The number of nitrogens with one attached hydrogen (secondary N) is 2. The summed E-state index contributed by atoms with van der Waals surface area (Å²) in [6.07, 6.45) is 0. The van der Waals surface area contributed by atoms with Crippen LogP contribution in [0.1, 0.15) is 10.4 Å². The summed E-state index contributed by atoms with van der Waals surface area (Å²) in [5.74, 6) is 0.206. The molecule has 1 amide bonds. The second kappa shape index (κ2) is 10.3. The highest BCUT2D eigenvalue weighted by atomic mass is 35.5. The van der Waals surface area contributed by atoms with Crippen molar-refractivity contribution in [3.8, 4) is 10.4 Å². The van der Waals surface area contributed by atoms with Gasteiger partial charge in [-0.2, -0.15) is 0 Å². The van der Waals surface area contributed by atoms with Gasteiger partial charge in [0, 0.05) is 22.7 Å². The van der Waals surface area contributed by atoms with E-state index in [0.717, 1.165) is 22.7 Å². The topological polar surface area (TPSA) is 79.6 Å². The van der Waals surface area contributed by atoms with Crippen molar-refractivity contribution in [3.05, 3.63) is 77.0 Å². The van der Waals surface area contributed by atoms with Gasteiger partial charge in [-0.3, -0.25) is 4.79 Å². The zero-order valence-corrected chi connectivity index (χ0v) is 19.0. The Hall–Kier alpha value is -3.00. The Balaban J connectivity index is 1.62. The maximum absolute atomic E-state index is 12.7. The lowest BCUT2D eigenvalue weighted by molar-refractivity contribution is 0.102. The third-order valence-corrected chi connectivity index (χ3v) is 5.69. The van der Waals surface area contributed by atoms with Gasteiger partial charge < -0.3 is 26.0 Å². The molecule has 0 aliphatic heterocycles. The van der Waals surface area contributed by atoms with Gasteiger partial charge in [0.05, 0.1) is 15.7 Å². The van der Waals surface area contributed by atoms with Gasteiger partial charge in [0.25, 0.3) is 5.91 Å². The number of nitrogens with two attached hydrogens (primary N) is 1. The van der Waals surface area contributed by atoms with Gasteiger partial charge in [0.2, 0.25) is 0 Å². The van der Waals surface area contributed by atoms with Crippen LogP contribution in [0.25, 0.3) is 10.4 Å². The smallest absolute Gasteiger partial charge is 0.255 e. The number of rotatable bonds is 9. The molecule has 162 valence electrons. The van der Waals surface area contributed by atoms with Gasteiger partial charge >= 0.3 is 0 Å². The minimum Gasteiger partial charge on any atom is -0.478 e. The van der Waals surface area contributed by atoms with Crippen LogP contribution < -0.4 is 16.4 Å². The Morgan fingerprint density at radius 1 is 1.13 bits per heavy atom. The van der Waals surface area contributed by atoms with Crippen molar-refractivity contribution in [2.45, 2.75) is 0 Å². The fourth-order valence-electron chi connectivity index (χ4n) is 2.74. The first-order valence-electron chi connectivity index (χ1n) is 9.62. The molecule has 0 radical (unpaired) electrons. The van der Waals surface area contributed by atoms with Crippen LogP contribution in [0.5, 0.6) is 0 Å². The monoisotopic (exact) mass is 456 g/mol. The minimum absolute atomic E-state index is 0.249. The quantitative estimate of drug-likeness (QED) is 0.298. The molecular formula is C23H25ClN4O2S. The first kappa shape index (κ1) is 22.7. The highest BCUT2D eigenvalue weighted by Crippen LogP contribution is 2.34. The van der Waals surface area contributed by atoms with Crippen molar-refractivity contribution in [1.29, 1.82) is 0 Å². The van der Waals surface area contributed by atoms with Crippen LogP contribution in [-0.2, 0) is 4.74 Å². The van der Waals surface area contributed by atoms with Crippen LogP contribution in [0.15, 0.2) is 67.1 Å². The number of thiophene rings is 1. The van der Waals surface area contributed by atoms with E-state index in [1.807, 2.05) is 43.3 Å². The normalized spacial score (nSPS) is 10.7. The largest absolute Gasteiger partial charge is 0.478 e. The molecule has 3 aromatic rings. The predicted molar refractivity (Wildman–Crippen MR) is 131 cm³/mol. The van der Waals surface area contributed by atoms with Crippen molar-refractivity contribution in [3.63, 3.8) is 0 Å². The summed E-state index contributed by atoms with van der Waals surface area (Å²) >= 11 is 7.50. The molecule has 2 aromatic carbocycles. The number of ether oxygens (including phenoxy) is 1. The standard InChI is InChI=1S/C23H25ClN4O2S/c1-15(30-13-12-28(2)3)26-18-7-4-16(5-8-18)23(29)27-20-14-17(6-9-19(20)25)21-10-11-22(24)31-21/h4-11,14,26H,1,12-13,25H2,2-3H3,(H,27,29). The number of benzene rings is 2. The lowest BCUT2D eigenvalue weighted by Gasteiger charge is -2.14. The number of halogens is 1. The number of amides is 1. The Morgan fingerprint density at radius 3 is 2.52 bits per heavy atom. The summed E-state index contributed by atoms with van der Waals surface area (Å²) in [4.78, 5) is 15.7. The van der Waals surface area contributed by atoms with E-state index in [4.69, 9.17) is 22.1 Å². The molecule has 0 saturated carbocycles. The van der Waals surface area contributed by atoms with Gasteiger partial charge in [-0.05, 0) is 74.8 Å². The number of likely N-dealkylation sites (N-methyl/N-ethyl adjacent to an activating group) is 1. The maximum Gasteiger partial charge on any atom is 0.255 e. The SMILES string of the molecule is C=C(Nc1ccc(C(=O)Nc2cc(-c3ccc(Cl)s3)ccc2N)cc1)OCCN(C)C. The molecule has 1 aromatic heterocycles. The Kier molecular flexibility index (Phi) is 7.57. The lowest BCUT2D eigenvalue weighted by Crippen LogP contribution is -2.18. The van der Waals surface area contributed by atoms with Crippen molar-refractivity contribution in [1.82, 2.24) is 4.90 Å². The van der Waals surface area contributed by atoms with E-state index in [9.17, 15) is 4.79 Å². The van der Waals surface area contributed by atoms with E-state index in [-0.39, 0.29) is 5.91 Å². The molecule has 4 N–H and O–H groups in total. The van der Waals surface area contributed by atoms with E-state index in [1.54, 1.807) is 30.3 Å². The number of carbonyl (C=O) groups excluding carboxylic acids is 1. The first-order valence-corrected chi connectivity index (χ1v) is 10.8. The van der Waals surface area contributed by atoms with Crippen molar-refractivity contribution in [2.75, 3.05) is 43.6 Å². The molecule has 0 atom stereocenters. The van der Waals surface area contributed by atoms with Gasteiger partial charge in [0.1, 0.15) is 6.61 Å².